The van der Waals surface area contributed by atoms with E-state index in [1.165, 1.54) is 127 Å². The van der Waals surface area contributed by atoms with Crippen LogP contribution in [0.2, 0.25) is 0 Å². The highest BCUT2D eigenvalue weighted by Crippen LogP contribution is 2.29. The van der Waals surface area contributed by atoms with Crippen molar-refractivity contribution < 1.29 is 0 Å². The molecule has 5 aliphatic carbocycles. The van der Waals surface area contributed by atoms with Crippen LogP contribution in [0.25, 0.3) is 0 Å². The summed E-state index contributed by atoms with van der Waals surface area (Å²) in [5.41, 5.74) is 5.83. The fourth-order valence-corrected chi connectivity index (χ4v) is 7.11. The second-order valence-electron chi connectivity index (χ2n) is 18.1. The predicted molar refractivity (Wildman–Crippen MR) is 227 cm³/mol. The molecule has 0 aliphatic heterocycles. The molecular weight excluding hydrogens is 589 g/mol. The quantitative estimate of drug-likeness (QED) is 0.240. The Kier molecular flexibility index (Phi) is 27.6. The minimum absolute atomic E-state index is 0. The molecule has 5 aliphatic rings. The lowest BCUT2D eigenvalue weighted by Crippen LogP contribution is -2.08. The van der Waals surface area contributed by atoms with Gasteiger partial charge in [0.05, 0.1) is 0 Å². The fraction of sp³-hybridized carbons (Fsp3) is 0.796. The summed E-state index contributed by atoms with van der Waals surface area (Å²) in [5, 5.41) is 0. The summed E-state index contributed by atoms with van der Waals surface area (Å²) >= 11 is 0. The zero-order chi connectivity index (χ0) is 35.9. The van der Waals surface area contributed by atoms with Gasteiger partial charge in [0, 0.05) is 0 Å². The monoisotopic (exact) mass is 679 g/mol. The second kappa shape index (κ2) is 28.3. The summed E-state index contributed by atoms with van der Waals surface area (Å²) in [6.45, 7) is 27.5. The molecule has 1 aromatic carbocycles. The molecule has 0 heterocycles. The molecule has 2 unspecified atom stereocenters. The molecule has 0 heteroatoms. The average molecular weight is 679 g/mol. The Morgan fingerprint density at radius 2 is 0.531 bits per heavy atom. The molecule has 0 amide bonds. The molecule has 0 spiro atoms. The van der Waals surface area contributed by atoms with Gasteiger partial charge in [-0.05, 0) is 114 Å². The molecule has 3 fully saturated rings. The Morgan fingerprint density at radius 3 is 0.673 bits per heavy atom. The highest BCUT2D eigenvalue weighted by molar-refractivity contribution is 5.19. The average Bonchev–Trinajstić information content (AvgIpc) is 3.07. The molecule has 0 radical (unpaired) electrons. The summed E-state index contributed by atoms with van der Waals surface area (Å²) in [4.78, 5) is 0. The molecule has 3 saturated carbocycles. The third-order valence-electron chi connectivity index (χ3n) is 11.9. The van der Waals surface area contributed by atoms with Gasteiger partial charge in [-0.2, -0.15) is 0 Å². The first-order valence-electron chi connectivity index (χ1n) is 21.1. The lowest BCUT2D eigenvalue weighted by molar-refractivity contribution is 0.308. The van der Waals surface area contributed by atoms with E-state index in [9.17, 15) is 0 Å². The van der Waals surface area contributed by atoms with Crippen LogP contribution in [-0.4, -0.2) is 0 Å². The van der Waals surface area contributed by atoms with Crippen LogP contribution in [0.1, 0.15) is 203 Å². The van der Waals surface area contributed by atoms with E-state index in [4.69, 9.17) is 0 Å². The van der Waals surface area contributed by atoms with Gasteiger partial charge in [0.25, 0.3) is 0 Å². The van der Waals surface area contributed by atoms with Crippen molar-refractivity contribution in [3.63, 3.8) is 0 Å². The summed E-state index contributed by atoms with van der Waals surface area (Å²) in [7, 11) is 0. The van der Waals surface area contributed by atoms with Gasteiger partial charge < -0.3 is 0 Å². The number of benzene rings is 1. The molecule has 49 heavy (non-hydrogen) atoms. The second-order valence-corrected chi connectivity index (χ2v) is 18.1. The van der Waals surface area contributed by atoms with Crippen molar-refractivity contribution in [3.8, 4) is 0 Å². The van der Waals surface area contributed by atoms with E-state index >= 15 is 0 Å². The van der Waals surface area contributed by atoms with Crippen molar-refractivity contribution in [2.45, 2.75) is 206 Å². The van der Waals surface area contributed by atoms with E-state index in [2.05, 4.69) is 120 Å². The van der Waals surface area contributed by atoms with Crippen LogP contribution >= 0.6 is 0 Å². The Bertz CT molecular complexity index is 812. The molecule has 0 N–H and O–H groups in total. The minimum atomic E-state index is 0. The standard InChI is InChI=1S/3C8H16.2C8H14.C8H10.CH4/c6*1-7-3-5-8(2)6-4-7;/h3*7-8H,3-6H2,1-2H3;2*3,8H,4-6H2,1-2H3;3-6H,1-2H3;1H4. The van der Waals surface area contributed by atoms with Crippen LogP contribution in [0.3, 0.4) is 0 Å². The van der Waals surface area contributed by atoms with E-state index in [0.29, 0.717) is 0 Å². The molecule has 2 atom stereocenters. The third kappa shape index (κ3) is 27.1. The van der Waals surface area contributed by atoms with Crippen LogP contribution in [0.15, 0.2) is 47.6 Å². The Balaban J connectivity index is 0.000000562. The predicted octanol–water partition coefficient (Wildman–Crippen LogP) is 16.9. The van der Waals surface area contributed by atoms with Crippen molar-refractivity contribution in [1.82, 2.24) is 0 Å². The van der Waals surface area contributed by atoms with Crippen molar-refractivity contribution in [1.29, 1.82) is 0 Å². The van der Waals surface area contributed by atoms with Crippen molar-refractivity contribution in [2.75, 3.05) is 0 Å². The molecule has 0 nitrogen and oxygen atoms in total. The van der Waals surface area contributed by atoms with E-state index in [-0.39, 0.29) is 7.43 Å². The summed E-state index contributed by atoms with van der Waals surface area (Å²) in [6.07, 6.45) is 30.5. The maximum atomic E-state index is 2.37. The van der Waals surface area contributed by atoms with Gasteiger partial charge in [0.2, 0.25) is 0 Å². The topological polar surface area (TPSA) is 0 Å². The first kappa shape index (κ1) is 47.7. The van der Waals surface area contributed by atoms with Crippen LogP contribution in [0.5, 0.6) is 0 Å². The lowest BCUT2D eigenvalue weighted by Gasteiger charge is -2.22. The Morgan fingerprint density at radius 1 is 0.327 bits per heavy atom. The van der Waals surface area contributed by atoms with Gasteiger partial charge in [-0.3, -0.25) is 0 Å². The fourth-order valence-electron chi connectivity index (χ4n) is 7.11. The van der Waals surface area contributed by atoms with Crippen LogP contribution in [0, 0.1) is 61.2 Å². The van der Waals surface area contributed by atoms with E-state index in [1.54, 1.807) is 11.1 Å². The molecule has 0 bridgehead atoms. The normalized spacial score (nSPS) is 30.7. The van der Waals surface area contributed by atoms with E-state index < -0.39 is 0 Å². The first-order valence-corrected chi connectivity index (χ1v) is 21.1. The highest BCUT2D eigenvalue weighted by atomic mass is 14.2. The van der Waals surface area contributed by atoms with Gasteiger partial charge in [-0.25, -0.2) is 0 Å². The number of rotatable bonds is 0. The molecule has 0 aromatic heterocycles. The smallest absolute Gasteiger partial charge is 0.0320 e. The molecular formula is C49H90. The lowest BCUT2D eigenvalue weighted by atomic mass is 9.84. The number of aryl methyl sites for hydroxylation is 2. The Hall–Kier alpha value is -1.30. The highest BCUT2D eigenvalue weighted by Gasteiger charge is 2.14. The summed E-state index contributed by atoms with van der Waals surface area (Å²) in [6, 6.07) is 8.48. The molecule has 0 saturated heterocycles. The first-order chi connectivity index (χ1) is 22.7. The number of allylic oxidation sites excluding steroid dienone is 4. The van der Waals surface area contributed by atoms with Crippen LogP contribution < -0.4 is 0 Å². The Labute approximate surface area is 311 Å². The van der Waals surface area contributed by atoms with Gasteiger partial charge in [0.1, 0.15) is 0 Å². The van der Waals surface area contributed by atoms with Crippen molar-refractivity contribution in [2.24, 2.45) is 47.3 Å². The number of hydrogen-bond donors (Lipinski definition) is 0. The SMILES string of the molecule is C.CC1=CCC(C)CC1.CC1=CCC(C)CC1.CC1CCC(C)CC1.CC1CCC(C)CC1.CC1CCC(C)CC1.Cc1ccc(C)cc1. The zero-order valence-electron chi connectivity index (χ0n) is 34.8. The maximum Gasteiger partial charge on any atom is -0.0320 e. The molecule has 6 rings (SSSR count). The van der Waals surface area contributed by atoms with E-state index in [1.807, 2.05) is 0 Å². The van der Waals surface area contributed by atoms with Gasteiger partial charge >= 0.3 is 0 Å². The summed E-state index contributed by atoms with van der Waals surface area (Å²) < 4.78 is 0. The van der Waals surface area contributed by atoms with E-state index in [0.717, 1.165) is 47.3 Å². The largest absolute Gasteiger partial charge is 0.0853 e. The minimum Gasteiger partial charge on any atom is -0.0853 e. The molecule has 286 valence electrons. The van der Waals surface area contributed by atoms with Gasteiger partial charge in [0.15, 0.2) is 0 Å². The molecule has 1 aromatic rings. The summed E-state index contributed by atoms with van der Waals surface area (Å²) in [5.74, 6) is 8.00. The van der Waals surface area contributed by atoms with Gasteiger partial charge in [-0.15, -0.1) is 0 Å². The van der Waals surface area contributed by atoms with Crippen molar-refractivity contribution >= 4 is 0 Å². The van der Waals surface area contributed by atoms with Crippen molar-refractivity contribution in [3.05, 3.63) is 58.7 Å². The van der Waals surface area contributed by atoms with Gasteiger partial charge in [-0.1, -0.05) is 199 Å². The van der Waals surface area contributed by atoms with Crippen LogP contribution in [0.4, 0.5) is 0 Å². The zero-order valence-corrected chi connectivity index (χ0v) is 34.8. The maximum absolute atomic E-state index is 2.37. The third-order valence-corrected chi connectivity index (χ3v) is 11.9. The van der Waals surface area contributed by atoms with Crippen LogP contribution in [-0.2, 0) is 0 Å². The number of hydrogen-bond acceptors (Lipinski definition) is 0.